The zero-order chi connectivity index (χ0) is 18.7. The van der Waals surface area contributed by atoms with Gasteiger partial charge in [0.05, 0.1) is 6.54 Å². The minimum Gasteiger partial charge on any atom is -0.341 e. The number of hydrogen-bond acceptors (Lipinski definition) is 4. The van der Waals surface area contributed by atoms with E-state index in [0.717, 1.165) is 38.3 Å². The highest BCUT2D eigenvalue weighted by molar-refractivity contribution is 5.92. The van der Waals surface area contributed by atoms with Crippen LogP contribution in [0, 0.1) is 11.8 Å². The van der Waals surface area contributed by atoms with E-state index in [1.54, 1.807) is 0 Å². The van der Waals surface area contributed by atoms with Gasteiger partial charge in [0.25, 0.3) is 5.91 Å². The highest BCUT2D eigenvalue weighted by Crippen LogP contribution is 2.21. The Morgan fingerprint density at radius 1 is 1.12 bits per heavy atom. The summed E-state index contributed by atoms with van der Waals surface area (Å²) in [6.45, 7) is 11.5. The zero-order valence-electron chi connectivity index (χ0n) is 16.2. The van der Waals surface area contributed by atoms with Crippen molar-refractivity contribution in [1.29, 1.82) is 0 Å². The molecular formula is C19H31N5O2. The Labute approximate surface area is 155 Å². The molecule has 3 rings (SSSR count). The van der Waals surface area contributed by atoms with Crippen molar-refractivity contribution in [3.8, 4) is 0 Å². The van der Waals surface area contributed by atoms with Crippen LogP contribution in [0.5, 0.6) is 0 Å². The number of carbonyl (C=O) groups is 2. The lowest BCUT2D eigenvalue weighted by molar-refractivity contribution is -0.135. The molecule has 144 valence electrons. The van der Waals surface area contributed by atoms with Crippen molar-refractivity contribution in [1.82, 2.24) is 24.9 Å². The summed E-state index contributed by atoms with van der Waals surface area (Å²) in [6, 6.07) is 1.83. The maximum Gasteiger partial charge on any atom is 0.274 e. The fourth-order valence-corrected chi connectivity index (χ4v) is 4.08. The van der Waals surface area contributed by atoms with Gasteiger partial charge in [-0.3, -0.25) is 19.6 Å². The van der Waals surface area contributed by atoms with E-state index in [2.05, 4.69) is 28.9 Å². The molecule has 7 heteroatoms. The first-order chi connectivity index (χ1) is 12.5. The van der Waals surface area contributed by atoms with Crippen LogP contribution in [0.25, 0.3) is 0 Å². The summed E-state index contributed by atoms with van der Waals surface area (Å²) in [5.74, 6) is 1.37. The van der Waals surface area contributed by atoms with Crippen LogP contribution in [0.3, 0.4) is 0 Å². The third kappa shape index (κ3) is 4.44. The van der Waals surface area contributed by atoms with Crippen molar-refractivity contribution in [2.24, 2.45) is 11.8 Å². The standard InChI is InChI=1S/C19H31N5O2/c1-4-16-10-17(21-20-16)19(26)23-7-5-22(6-8-23)13-18(25)24-11-14(2)9-15(3)12-24/h10,14-15H,4-9,11-13H2,1-3H3,(H,20,21). The minimum atomic E-state index is -0.0226. The summed E-state index contributed by atoms with van der Waals surface area (Å²) in [4.78, 5) is 31.2. The molecule has 3 heterocycles. The number of piperidine rings is 1. The van der Waals surface area contributed by atoms with Gasteiger partial charge in [0.1, 0.15) is 5.69 Å². The molecule has 0 radical (unpaired) electrons. The van der Waals surface area contributed by atoms with Gasteiger partial charge in [0.15, 0.2) is 0 Å². The van der Waals surface area contributed by atoms with E-state index >= 15 is 0 Å². The number of nitrogens with one attached hydrogen (secondary N) is 1. The van der Waals surface area contributed by atoms with E-state index < -0.39 is 0 Å². The minimum absolute atomic E-state index is 0.0226. The molecule has 2 atom stereocenters. The van der Waals surface area contributed by atoms with Crippen molar-refractivity contribution in [3.05, 3.63) is 17.5 Å². The van der Waals surface area contributed by atoms with E-state index in [1.807, 2.05) is 22.8 Å². The van der Waals surface area contributed by atoms with E-state index in [9.17, 15) is 9.59 Å². The van der Waals surface area contributed by atoms with E-state index in [4.69, 9.17) is 0 Å². The van der Waals surface area contributed by atoms with Crippen molar-refractivity contribution >= 4 is 11.8 Å². The lowest BCUT2D eigenvalue weighted by Gasteiger charge is -2.38. The monoisotopic (exact) mass is 361 g/mol. The lowest BCUT2D eigenvalue weighted by atomic mass is 9.92. The number of carbonyl (C=O) groups excluding carboxylic acids is 2. The first-order valence-corrected chi connectivity index (χ1v) is 9.80. The van der Waals surface area contributed by atoms with Crippen LogP contribution in [0.2, 0.25) is 0 Å². The van der Waals surface area contributed by atoms with Crippen LogP contribution in [0.15, 0.2) is 6.07 Å². The molecule has 0 bridgehead atoms. The maximum absolute atomic E-state index is 12.6. The van der Waals surface area contributed by atoms with Gasteiger partial charge in [-0.15, -0.1) is 0 Å². The Bertz CT molecular complexity index is 626. The Morgan fingerprint density at radius 2 is 1.77 bits per heavy atom. The van der Waals surface area contributed by atoms with Gasteiger partial charge in [0.2, 0.25) is 5.91 Å². The highest BCUT2D eigenvalue weighted by Gasteiger charge is 2.29. The average Bonchev–Trinajstić information content (AvgIpc) is 3.10. The van der Waals surface area contributed by atoms with Gasteiger partial charge in [-0.1, -0.05) is 20.8 Å². The number of hydrogen-bond donors (Lipinski definition) is 1. The van der Waals surface area contributed by atoms with Gasteiger partial charge >= 0.3 is 0 Å². The van der Waals surface area contributed by atoms with Crippen LogP contribution >= 0.6 is 0 Å². The molecule has 0 aliphatic carbocycles. The fourth-order valence-electron chi connectivity index (χ4n) is 4.08. The molecule has 0 spiro atoms. The first kappa shape index (κ1) is 18.9. The number of H-pyrrole nitrogens is 1. The number of aromatic nitrogens is 2. The summed E-state index contributed by atoms with van der Waals surface area (Å²) >= 11 is 0. The second-order valence-electron chi connectivity index (χ2n) is 7.95. The molecule has 26 heavy (non-hydrogen) atoms. The number of rotatable bonds is 4. The van der Waals surface area contributed by atoms with Crippen LogP contribution in [-0.4, -0.2) is 82.5 Å². The quantitative estimate of drug-likeness (QED) is 0.876. The molecule has 1 N–H and O–H groups in total. The van der Waals surface area contributed by atoms with Gasteiger partial charge in [-0.2, -0.15) is 5.10 Å². The molecule has 2 fully saturated rings. The number of aromatic amines is 1. The van der Waals surface area contributed by atoms with Crippen molar-refractivity contribution in [2.75, 3.05) is 45.8 Å². The van der Waals surface area contributed by atoms with E-state index in [0.29, 0.717) is 37.2 Å². The Morgan fingerprint density at radius 3 is 2.35 bits per heavy atom. The van der Waals surface area contributed by atoms with E-state index in [-0.39, 0.29) is 11.8 Å². The first-order valence-electron chi connectivity index (χ1n) is 9.80. The second-order valence-corrected chi connectivity index (χ2v) is 7.95. The lowest BCUT2D eigenvalue weighted by Crippen LogP contribution is -2.53. The average molecular weight is 361 g/mol. The third-order valence-electron chi connectivity index (χ3n) is 5.47. The summed E-state index contributed by atoms with van der Waals surface area (Å²) in [5, 5.41) is 7.01. The summed E-state index contributed by atoms with van der Waals surface area (Å²) in [7, 11) is 0. The number of piperazine rings is 1. The number of aryl methyl sites for hydroxylation is 1. The van der Waals surface area contributed by atoms with Crippen LogP contribution in [0.4, 0.5) is 0 Å². The van der Waals surface area contributed by atoms with Gasteiger partial charge in [-0.25, -0.2) is 0 Å². The molecule has 2 unspecified atom stereocenters. The molecule has 2 saturated heterocycles. The number of likely N-dealkylation sites (tertiary alicyclic amines) is 1. The van der Waals surface area contributed by atoms with Gasteiger partial charge in [0, 0.05) is 45.0 Å². The van der Waals surface area contributed by atoms with Gasteiger partial charge < -0.3 is 9.80 Å². The number of nitrogens with zero attached hydrogens (tertiary/aromatic N) is 4. The normalized spacial score (nSPS) is 24.7. The molecule has 0 aromatic carbocycles. The molecule has 2 amide bonds. The van der Waals surface area contributed by atoms with Crippen molar-refractivity contribution in [2.45, 2.75) is 33.6 Å². The molecule has 7 nitrogen and oxygen atoms in total. The summed E-state index contributed by atoms with van der Waals surface area (Å²) in [6.07, 6.45) is 2.04. The van der Waals surface area contributed by atoms with Crippen molar-refractivity contribution in [3.63, 3.8) is 0 Å². The molecule has 2 aliphatic heterocycles. The maximum atomic E-state index is 12.6. The molecular weight excluding hydrogens is 330 g/mol. The summed E-state index contributed by atoms with van der Waals surface area (Å²) in [5.41, 5.74) is 1.46. The van der Waals surface area contributed by atoms with E-state index in [1.165, 1.54) is 6.42 Å². The van der Waals surface area contributed by atoms with Gasteiger partial charge in [-0.05, 0) is 30.7 Å². The summed E-state index contributed by atoms with van der Waals surface area (Å²) < 4.78 is 0. The number of amides is 2. The Balaban J connectivity index is 1.47. The highest BCUT2D eigenvalue weighted by atomic mass is 16.2. The van der Waals surface area contributed by atoms with Crippen LogP contribution < -0.4 is 0 Å². The SMILES string of the molecule is CCc1cc(C(=O)N2CCN(CC(=O)N3CC(C)CC(C)C3)CC2)n[nH]1. The smallest absolute Gasteiger partial charge is 0.274 e. The molecule has 1 aromatic heterocycles. The topological polar surface area (TPSA) is 72.5 Å². The molecule has 2 aliphatic rings. The predicted octanol–water partition coefficient (Wildman–Crippen LogP) is 1.23. The second kappa shape index (κ2) is 8.20. The van der Waals surface area contributed by atoms with Crippen LogP contribution in [-0.2, 0) is 11.2 Å². The van der Waals surface area contributed by atoms with Crippen LogP contribution in [0.1, 0.15) is 43.4 Å². The Kier molecular flexibility index (Phi) is 5.96. The van der Waals surface area contributed by atoms with Crippen molar-refractivity contribution < 1.29 is 9.59 Å². The fraction of sp³-hybridized carbons (Fsp3) is 0.737. The zero-order valence-corrected chi connectivity index (χ0v) is 16.2. The third-order valence-corrected chi connectivity index (χ3v) is 5.47. The molecule has 1 aromatic rings. The molecule has 0 saturated carbocycles. The predicted molar refractivity (Wildman–Crippen MR) is 99.8 cm³/mol. The largest absolute Gasteiger partial charge is 0.341 e. The Hall–Kier alpha value is -1.89.